The summed E-state index contributed by atoms with van der Waals surface area (Å²) in [6.45, 7) is 1.37. The highest BCUT2D eigenvalue weighted by atomic mass is 16.5. The molecule has 0 aliphatic rings. The van der Waals surface area contributed by atoms with Gasteiger partial charge in [-0.3, -0.25) is 9.59 Å². The van der Waals surface area contributed by atoms with Crippen molar-refractivity contribution in [2.75, 3.05) is 0 Å². The number of amides is 1. The molecule has 0 aliphatic heterocycles. The Hall–Kier alpha value is -2.63. The Morgan fingerprint density at radius 1 is 1.32 bits per heavy atom. The van der Waals surface area contributed by atoms with Crippen LogP contribution in [0.3, 0.4) is 0 Å². The molecule has 0 fully saturated rings. The zero-order valence-electron chi connectivity index (χ0n) is 10.2. The Morgan fingerprint density at radius 3 is 2.63 bits per heavy atom. The van der Waals surface area contributed by atoms with Crippen molar-refractivity contribution in [2.45, 2.75) is 13.0 Å². The van der Waals surface area contributed by atoms with Gasteiger partial charge in [0.15, 0.2) is 11.5 Å². The van der Waals surface area contributed by atoms with Crippen LogP contribution in [-0.2, 0) is 4.79 Å². The average molecular weight is 260 g/mol. The van der Waals surface area contributed by atoms with Gasteiger partial charge < -0.3 is 14.9 Å². The Balaban J connectivity index is 2.13. The monoisotopic (exact) mass is 260 g/mol. The summed E-state index contributed by atoms with van der Waals surface area (Å²) in [5.41, 5.74) is 0.840. The summed E-state index contributed by atoms with van der Waals surface area (Å²) in [6, 6.07) is 9.67. The molecule has 1 atom stereocenters. The third kappa shape index (κ3) is 2.98. The van der Waals surface area contributed by atoms with E-state index in [0.717, 1.165) is 5.56 Å². The van der Waals surface area contributed by atoms with E-state index >= 15 is 0 Å². The molecule has 1 heterocycles. The van der Waals surface area contributed by atoms with Crippen molar-refractivity contribution in [1.29, 1.82) is 0 Å². The first-order chi connectivity index (χ1) is 9.08. The van der Waals surface area contributed by atoms with Crippen LogP contribution in [0.25, 0.3) is 11.3 Å². The molecular formula is C13H12N2O4. The van der Waals surface area contributed by atoms with Gasteiger partial charge in [-0.1, -0.05) is 35.5 Å². The molecule has 98 valence electrons. The fraction of sp³-hybridized carbons (Fsp3) is 0.154. The topological polar surface area (TPSA) is 92.4 Å². The SMILES string of the molecule is C[C@H](NC(=O)c1cc(-c2ccccc2)on1)C(=O)O. The van der Waals surface area contributed by atoms with Crippen molar-refractivity contribution in [3.05, 3.63) is 42.1 Å². The molecule has 1 aromatic heterocycles. The summed E-state index contributed by atoms with van der Waals surface area (Å²) < 4.78 is 5.06. The van der Waals surface area contributed by atoms with Gasteiger partial charge in [0.1, 0.15) is 6.04 Å². The van der Waals surface area contributed by atoms with Gasteiger partial charge in [-0.15, -0.1) is 0 Å². The van der Waals surface area contributed by atoms with Crippen molar-refractivity contribution in [3.8, 4) is 11.3 Å². The van der Waals surface area contributed by atoms with Gasteiger partial charge in [0.05, 0.1) is 0 Å². The van der Waals surface area contributed by atoms with Crippen molar-refractivity contribution < 1.29 is 19.2 Å². The van der Waals surface area contributed by atoms with Crippen molar-refractivity contribution >= 4 is 11.9 Å². The predicted molar refractivity (Wildman–Crippen MR) is 66.5 cm³/mol. The zero-order valence-corrected chi connectivity index (χ0v) is 10.2. The summed E-state index contributed by atoms with van der Waals surface area (Å²) >= 11 is 0. The molecule has 0 bridgehead atoms. The highest BCUT2D eigenvalue weighted by Gasteiger charge is 2.18. The number of aromatic nitrogens is 1. The van der Waals surface area contributed by atoms with Gasteiger partial charge in [0, 0.05) is 11.6 Å². The maximum absolute atomic E-state index is 11.7. The second kappa shape index (κ2) is 5.34. The lowest BCUT2D eigenvalue weighted by atomic mass is 10.1. The van der Waals surface area contributed by atoms with Crippen LogP contribution >= 0.6 is 0 Å². The Bertz CT molecular complexity index is 592. The molecule has 2 N–H and O–H groups in total. The van der Waals surface area contributed by atoms with Crippen LogP contribution in [0.15, 0.2) is 40.9 Å². The molecule has 2 rings (SSSR count). The smallest absolute Gasteiger partial charge is 0.325 e. The van der Waals surface area contributed by atoms with Gasteiger partial charge in [-0.2, -0.15) is 0 Å². The minimum Gasteiger partial charge on any atom is -0.480 e. The number of rotatable bonds is 4. The summed E-state index contributed by atoms with van der Waals surface area (Å²) in [7, 11) is 0. The number of hydrogen-bond acceptors (Lipinski definition) is 4. The number of aliphatic carboxylic acids is 1. The second-order valence-electron chi connectivity index (χ2n) is 3.98. The fourth-order valence-electron chi connectivity index (χ4n) is 1.45. The molecule has 19 heavy (non-hydrogen) atoms. The van der Waals surface area contributed by atoms with Crippen molar-refractivity contribution in [1.82, 2.24) is 10.5 Å². The van der Waals surface area contributed by atoms with Gasteiger partial charge in [-0.05, 0) is 6.92 Å². The van der Waals surface area contributed by atoms with E-state index in [2.05, 4.69) is 10.5 Å². The lowest BCUT2D eigenvalue weighted by Crippen LogP contribution is -2.38. The van der Waals surface area contributed by atoms with Crippen LogP contribution in [0.4, 0.5) is 0 Å². The molecule has 6 nitrogen and oxygen atoms in total. The van der Waals surface area contributed by atoms with Crippen LogP contribution in [-0.4, -0.2) is 28.2 Å². The van der Waals surface area contributed by atoms with E-state index in [-0.39, 0.29) is 5.69 Å². The van der Waals surface area contributed by atoms with E-state index in [4.69, 9.17) is 9.63 Å². The first-order valence-electron chi connectivity index (χ1n) is 5.63. The number of carbonyl (C=O) groups excluding carboxylic acids is 1. The predicted octanol–water partition coefficient (Wildman–Crippen LogP) is 1.54. The lowest BCUT2D eigenvalue weighted by Gasteiger charge is -2.06. The summed E-state index contributed by atoms with van der Waals surface area (Å²) in [5.74, 6) is -1.24. The second-order valence-corrected chi connectivity index (χ2v) is 3.98. The van der Waals surface area contributed by atoms with E-state index in [1.54, 1.807) is 0 Å². The molecule has 1 amide bonds. The van der Waals surface area contributed by atoms with Crippen LogP contribution < -0.4 is 5.32 Å². The largest absolute Gasteiger partial charge is 0.480 e. The Kier molecular flexibility index (Phi) is 3.61. The maximum atomic E-state index is 11.7. The molecule has 0 spiro atoms. The number of benzene rings is 1. The first-order valence-corrected chi connectivity index (χ1v) is 5.63. The lowest BCUT2D eigenvalue weighted by molar-refractivity contribution is -0.138. The van der Waals surface area contributed by atoms with Crippen molar-refractivity contribution in [2.24, 2.45) is 0 Å². The summed E-state index contributed by atoms with van der Waals surface area (Å²) in [5, 5.41) is 14.6. The van der Waals surface area contributed by atoms with Gasteiger partial charge in [0.25, 0.3) is 5.91 Å². The summed E-state index contributed by atoms with van der Waals surface area (Å²) in [4.78, 5) is 22.3. The molecular weight excluding hydrogens is 248 g/mol. The quantitative estimate of drug-likeness (QED) is 0.869. The molecule has 0 saturated carbocycles. The highest BCUT2D eigenvalue weighted by molar-refractivity contribution is 5.95. The standard InChI is InChI=1S/C13H12N2O4/c1-8(13(17)18)14-12(16)10-7-11(19-15-10)9-5-3-2-4-6-9/h2-8H,1H3,(H,14,16)(H,17,18)/t8-/m0/s1. The fourth-order valence-corrected chi connectivity index (χ4v) is 1.45. The van der Waals surface area contributed by atoms with E-state index in [1.165, 1.54) is 13.0 Å². The number of nitrogens with zero attached hydrogens (tertiary/aromatic N) is 1. The van der Waals surface area contributed by atoms with E-state index in [9.17, 15) is 9.59 Å². The molecule has 0 saturated heterocycles. The molecule has 0 unspecified atom stereocenters. The normalized spacial score (nSPS) is 11.8. The number of carboxylic acids is 1. The number of hydrogen-bond donors (Lipinski definition) is 2. The van der Waals surface area contributed by atoms with Crippen LogP contribution in [0.5, 0.6) is 0 Å². The summed E-state index contributed by atoms with van der Waals surface area (Å²) in [6.07, 6.45) is 0. The van der Waals surface area contributed by atoms with Gasteiger partial charge >= 0.3 is 5.97 Å². The number of carboxylic acid groups (broad SMARTS) is 1. The van der Waals surface area contributed by atoms with Crippen LogP contribution in [0.1, 0.15) is 17.4 Å². The highest BCUT2D eigenvalue weighted by Crippen LogP contribution is 2.19. The molecule has 6 heteroatoms. The average Bonchev–Trinajstić information content (AvgIpc) is 2.89. The molecule has 0 radical (unpaired) electrons. The zero-order chi connectivity index (χ0) is 13.8. The Labute approximate surface area is 109 Å². The van der Waals surface area contributed by atoms with Gasteiger partial charge in [0.2, 0.25) is 0 Å². The van der Waals surface area contributed by atoms with E-state index in [0.29, 0.717) is 5.76 Å². The third-order valence-electron chi connectivity index (χ3n) is 2.52. The maximum Gasteiger partial charge on any atom is 0.325 e. The number of carbonyl (C=O) groups is 2. The Morgan fingerprint density at radius 2 is 2.00 bits per heavy atom. The minimum atomic E-state index is -1.11. The molecule has 1 aromatic carbocycles. The molecule has 0 aliphatic carbocycles. The van der Waals surface area contributed by atoms with Crippen LogP contribution in [0.2, 0.25) is 0 Å². The first kappa shape index (κ1) is 12.8. The van der Waals surface area contributed by atoms with E-state index < -0.39 is 17.9 Å². The number of nitrogens with one attached hydrogen (secondary N) is 1. The van der Waals surface area contributed by atoms with E-state index in [1.807, 2.05) is 30.3 Å². The third-order valence-corrected chi connectivity index (χ3v) is 2.52. The molecule has 2 aromatic rings. The van der Waals surface area contributed by atoms with Crippen LogP contribution in [0, 0.1) is 0 Å². The van der Waals surface area contributed by atoms with Crippen molar-refractivity contribution in [3.63, 3.8) is 0 Å². The van der Waals surface area contributed by atoms with Gasteiger partial charge in [-0.25, -0.2) is 0 Å². The minimum absolute atomic E-state index is 0.0481.